The first-order valence-corrected chi connectivity index (χ1v) is 7.98. The van der Waals surface area contributed by atoms with Gasteiger partial charge in [-0.2, -0.15) is 5.10 Å². The Bertz CT molecular complexity index is 488. The second kappa shape index (κ2) is 6.60. The van der Waals surface area contributed by atoms with Crippen molar-refractivity contribution in [1.29, 1.82) is 0 Å². The Balaban J connectivity index is 2.06. The molecular weight excluding hydrogens is 266 g/mol. The quantitative estimate of drug-likeness (QED) is 0.846. The first-order chi connectivity index (χ1) is 10.0. The van der Waals surface area contributed by atoms with Crippen LogP contribution in [0.15, 0.2) is 6.07 Å². The molecule has 0 radical (unpaired) electrons. The number of hydrogen-bond acceptors (Lipinski definition) is 3. The summed E-state index contributed by atoms with van der Waals surface area (Å²) in [5.41, 5.74) is 1.44. The number of aliphatic hydroxyl groups is 1. The zero-order valence-corrected chi connectivity index (χ0v) is 13.4. The lowest BCUT2D eigenvalue weighted by Crippen LogP contribution is -2.39. The van der Waals surface area contributed by atoms with E-state index >= 15 is 0 Å². The highest BCUT2D eigenvalue weighted by Gasteiger charge is 2.33. The monoisotopic (exact) mass is 293 g/mol. The Labute approximate surface area is 126 Å². The van der Waals surface area contributed by atoms with Crippen LogP contribution >= 0.6 is 0 Å². The standard InChI is InChI=1S/C16H27N3O2/c1-4-19-14(9-13(18-19)12(2)3)15(21)17-10-16(11-20)7-5-6-8-16/h9,12,20H,4-8,10-11H2,1-3H3,(H,17,21). The van der Waals surface area contributed by atoms with Gasteiger partial charge in [0.15, 0.2) is 0 Å². The van der Waals surface area contributed by atoms with Crippen LogP contribution in [-0.4, -0.2) is 33.9 Å². The van der Waals surface area contributed by atoms with Crippen LogP contribution in [0.3, 0.4) is 0 Å². The maximum Gasteiger partial charge on any atom is 0.269 e. The highest BCUT2D eigenvalue weighted by molar-refractivity contribution is 5.92. The van der Waals surface area contributed by atoms with Crippen LogP contribution in [0.2, 0.25) is 0 Å². The average molecular weight is 293 g/mol. The van der Waals surface area contributed by atoms with Gasteiger partial charge in [-0.1, -0.05) is 26.7 Å². The molecule has 1 amide bonds. The van der Waals surface area contributed by atoms with E-state index in [1.165, 1.54) is 0 Å². The number of aryl methyl sites for hydroxylation is 1. The number of carbonyl (C=O) groups is 1. The molecule has 21 heavy (non-hydrogen) atoms. The Morgan fingerprint density at radius 3 is 2.67 bits per heavy atom. The predicted molar refractivity (Wildman–Crippen MR) is 82.3 cm³/mol. The molecular formula is C16H27N3O2. The third kappa shape index (κ3) is 3.46. The topological polar surface area (TPSA) is 67.2 Å². The Morgan fingerprint density at radius 1 is 1.48 bits per heavy atom. The summed E-state index contributed by atoms with van der Waals surface area (Å²) in [6, 6.07) is 1.88. The molecule has 0 aliphatic heterocycles. The second-order valence-corrected chi connectivity index (χ2v) is 6.47. The van der Waals surface area contributed by atoms with Gasteiger partial charge in [-0.3, -0.25) is 9.48 Å². The summed E-state index contributed by atoms with van der Waals surface area (Å²) < 4.78 is 1.75. The normalized spacial score (nSPS) is 17.4. The number of aliphatic hydroxyl groups excluding tert-OH is 1. The lowest BCUT2D eigenvalue weighted by molar-refractivity contribution is 0.0870. The van der Waals surface area contributed by atoms with E-state index in [0.29, 0.717) is 24.7 Å². The largest absolute Gasteiger partial charge is 0.396 e. The van der Waals surface area contributed by atoms with E-state index in [1.54, 1.807) is 4.68 Å². The molecule has 2 rings (SSSR count). The SMILES string of the molecule is CCn1nc(C(C)C)cc1C(=O)NCC1(CO)CCCC1. The molecule has 1 heterocycles. The van der Waals surface area contributed by atoms with Crippen LogP contribution in [0.1, 0.15) is 68.6 Å². The van der Waals surface area contributed by atoms with Crippen molar-refractivity contribution in [3.8, 4) is 0 Å². The van der Waals surface area contributed by atoms with Gasteiger partial charge < -0.3 is 10.4 Å². The first-order valence-electron chi connectivity index (χ1n) is 7.98. The molecule has 0 aromatic carbocycles. The van der Waals surface area contributed by atoms with Crippen LogP contribution in [-0.2, 0) is 6.54 Å². The molecule has 1 aromatic heterocycles. The average Bonchev–Trinajstić information content (AvgIpc) is 3.12. The Kier molecular flexibility index (Phi) is 5.04. The number of rotatable bonds is 6. The third-order valence-corrected chi connectivity index (χ3v) is 4.55. The number of amides is 1. The lowest BCUT2D eigenvalue weighted by Gasteiger charge is -2.26. The highest BCUT2D eigenvalue weighted by atomic mass is 16.3. The molecule has 0 atom stereocenters. The number of carbonyl (C=O) groups excluding carboxylic acids is 1. The van der Waals surface area contributed by atoms with E-state index in [0.717, 1.165) is 31.4 Å². The van der Waals surface area contributed by atoms with Crippen LogP contribution < -0.4 is 5.32 Å². The predicted octanol–water partition coefficient (Wildman–Crippen LogP) is 2.31. The van der Waals surface area contributed by atoms with Crippen LogP contribution in [0.25, 0.3) is 0 Å². The van der Waals surface area contributed by atoms with Gasteiger partial charge in [-0.25, -0.2) is 0 Å². The lowest BCUT2D eigenvalue weighted by atomic mass is 9.87. The van der Waals surface area contributed by atoms with Crippen molar-refractivity contribution in [2.24, 2.45) is 5.41 Å². The maximum atomic E-state index is 12.4. The zero-order valence-electron chi connectivity index (χ0n) is 13.4. The summed E-state index contributed by atoms with van der Waals surface area (Å²) in [7, 11) is 0. The van der Waals surface area contributed by atoms with E-state index in [1.807, 2.05) is 13.0 Å². The highest BCUT2D eigenvalue weighted by Crippen LogP contribution is 2.36. The van der Waals surface area contributed by atoms with Gasteiger partial charge in [-0.05, 0) is 31.7 Å². The maximum absolute atomic E-state index is 12.4. The van der Waals surface area contributed by atoms with Gasteiger partial charge in [0.25, 0.3) is 5.91 Å². The molecule has 0 saturated heterocycles. The molecule has 118 valence electrons. The van der Waals surface area contributed by atoms with Crippen molar-refractivity contribution in [3.63, 3.8) is 0 Å². The fourth-order valence-corrected chi connectivity index (χ4v) is 3.02. The minimum atomic E-state index is -0.117. The fraction of sp³-hybridized carbons (Fsp3) is 0.750. The summed E-state index contributed by atoms with van der Waals surface area (Å²) in [6.45, 7) is 7.51. The van der Waals surface area contributed by atoms with Gasteiger partial charge in [0.2, 0.25) is 0 Å². The van der Waals surface area contributed by atoms with Gasteiger partial charge in [0.05, 0.1) is 12.3 Å². The molecule has 1 aliphatic carbocycles. The molecule has 1 aliphatic rings. The smallest absolute Gasteiger partial charge is 0.269 e. The number of aromatic nitrogens is 2. The molecule has 1 aromatic rings. The number of nitrogens with one attached hydrogen (secondary N) is 1. The van der Waals surface area contributed by atoms with Crippen LogP contribution in [0.5, 0.6) is 0 Å². The van der Waals surface area contributed by atoms with Crippen LogP contribution in [0, 0.1) is 5.41 Å². The summed E-state index contributed by atoms with van der Waals surface area (Å²) in [6.07, 6.45) is 4.27. The van der Waals surface area contributed by atoms with Crippen LogP contribution in [0.4, 0.5) is 0 Å². The van der Waals surface area contributed by atoms with E-state index < -0.39 is 0 Å². The number of hydrogen-bond donors (Lipinski definition) is 2. The Morgan fingerprint density at radius 2 is 2.14 bits per heavy atom. The van der Waals surface area contributed by atoms with Gasteiger partial charge in [0.1, 0.15) is 5.69 Å². The third-order valence-electron chi connectivity index (χ3n) is 4.55. The van der Waals surface area contributed by atoms with Gasteiger partial charge >= 0.3 is 0 Å². The van der Waals surface area contributed by atoms with Gasteiger partial charge in [0, 0.05) is 18.5 Å². The Hall–Kier alpha value is -1.36. The summed E-state index contributed by atoms with van der Waals surface area (Å²) in [4.78, 5) is 12.4. The van der Waals surface area contributed by atoms with Gasteiger partial charge in [-0.15, -0.1) is 0 Å². The van der Waals surface area contributed by atoms with E-state index in [2.05, 4.69) is 24.3 Å². The van der Waals surface area contributed by atoms with Crippen molar-refractivity contribution in [2.45, 2.75) is 58.9 Å². The molecule has 1 saturated carbocycles. The summed E-state index contributed by atoms with van der Waals surface area (Å²) in [5.74, 6) is 0.221. The van der Waals surface area contributed by atoms with E-state index in [-0.39, 0.29) is 17.9 Å². The fourth-order valence-electron chi connectivity index (χ4n) is 3.02. The minimum Gasteiger partial charge on any atom is -0.396 e. The number of nitrogens with zero attached hydrogens (tertiary/aromatic N) is 2. The first kappa shape index (κ1) is 16.0. The molecule has 0 unspecified atom stereocenters. The zero-order chi connectivity index (χ0) is 15.5. The summed E-state index contributed by atoms with van der Waals surface area (Å²) >= 11 is 0. The molecule has 0 spiro atoms. The molecule has 1 fully saturated rings. The van der Waals surface area contributed by atoms with Crippen molar-refractivity contribution in [2.75, 3.05) is 13.2 Å². The summed E-state index contributed by atoms with van der Waals surface area (Å²) in [5, 5.41) is 17.1. The van der Waals surface area contributed by atoms with Crippen molar-refractivity contribution in [1.82, 2.24) is 15.1 Å². The van der Waals surface area contributed by atoms with E-state index in [9.17, 15) is 9.90 Å². The van der Waals surface area contributed by atoms with E-state index in [4.69, 9.17) is 0 Å². The van der Waals surface area contributed by atoms with Crippen molar-refractivity contribution >= 4 is 5.91 Å². The minimum absolute atomic E-state index is 0.0871. The van der Waals surface area contributed by atoms with Crippen molar-refractivity contribution in [3.05, 3.63) is 17.5 Å². The second-order valence-electron chi connectivity index (χ2n) is 6.47. The molecule has 2 N–H and O–H groups in total. The van der Waals surface area contributed by atoms with Crippen molar-refractivity contribution < 1.29 is 9.90 Å². The molecule has 5 heteroatoms. The molecule has 5 nitrogen and oxygen atoms in total. The molecule has 0 bridgehead atoms.